The summed E-state index contributed by atoms with van der Waals surface area (Å²) in [4.78, 5) is 16.0. The molecule has 0 fully saturated rings. The van der Waals surface area contributed by atoms with Crippen LogP contribution in [0.15, 0.2) is 30.5 Å². The minimum Gasteiger partial charge on any atom is -0.365 e. The second-order valence-corrected chi connectivity index (χ2v) is 6.54. The van der Waals surface area contributed by atoms with Crippen molar-refractivity contribution in [2.24, 2.45) is 18.5 Å². The van der Waals surface area contributed by atoms with Crippen molar-refractivity contribution in [3.63, 3.8) is 0 Å². The highest BCUT2D eigenvalue weighted by Gasteiger charge is 2.18. The van der Waals surface area contributed by atoms with Gasteiger partial charge in [0, 0.05) is 30.2 Å². The maximum atomic E-state index is 14.4. The molecule has 0 unspecified atom stereocenters. The summed E-state index contributed by atoms with van der Waals surface area (Å²) in [5, 5.41) is 11.1. The molecule has 6 N–H and O–H groups in total. The van der Waals surface area contributed by atoms with E-state index in [1.807, 2.05) is 32.2 Å². The van der Waals surface area contributed by atoms with Crippen LogP contribution in [0.2, 0.25) is 0 Å². The van der Waals surface area contributed by atoms with Crippen molar-refractivity contribution in [3.8, 4) is 0 Å². The monoisotopic (exact) mass is 371 g/mol. The number of pyridine rings is 1. The normalized spacial score (nSPS) is 13.4. The number of fused-ring (bicyclic) bond motifs is 1. The number of hydrogen-bond acceptors (Lipinski definition) is 6. The first-order chi connectivity index (χ1) is 12.8. The first kappa shape index (κ1) is 18.6. The fraction of sp³-hybridized carbons (Fsp3) is 0.278. The maximum absolute atomic E-state index is 14.4. The number of amides is 1. The van der Waals surface area contributed by atoms with Gasteiger partial charge in [-0.05, 0) is 38.1 Å². The predicted octanol–water partition coefficient (Wildman–Crippen LogP) is 2.10. The van der Waals surface area contributed by atoms with E-state index in [0.29, 0.717) is 5.69 Å². The molecule has 0 saturated heterocycles. The Morgan fingerprint density at radius 1 is 1.26 bits per heavy atom. The van der Waals surface area contributed by atoms with Crippen LogP contribution < -0.4 is 22.1 Å². The van der Waals surface area contributed by atoms with Gasteiger partial charge in [-0.2, -0.15) is 5.10 Å². The Labute approximate surface area is 155 Å². The molecule has 2 atom stereocenters. The summed E-state index contributed by atoms with van der Waals surface area (Å²) in [7, 11) is 1.85. The highest BCUT2D eigenvalue weighted by Crippen LogP contribution is 2.26. The second kappa shape index (κ2) is 7.20. The zero-order valence-electron chi connectivity index (χ0n) is 15.3. The quantitative estimate of drug-likeness (QED) is 0.526. The number of nitrogens with two attached hydrogens (primary N) is 2. The lowest BCUT2D eigenvalue weighted by Gasteiger charge is -2.20. The largest absolute Gasteiger partial charge is 0.365 e. The van der Waals surface area contributed by atoms with Gasteiger partial charge in [0.25, 0.3) is 5.91 Å². The van der Waals surface area contributed by atoms with Crippen LogP contribution in [0.25, 0.3) is 10.9 Å². The molecule has 0 radical (unpaired) electrons. The van der Waals surface area contributed by atoms with Crippen molar-refractivity contribution in [2.75, 3.05) is 10.6 Å². The van der Waals surface area contributed by atoms with Gasteiger partial charge in [-0.25, -0.2) is 9.37 Å². The van der Waals surface area contributed by atoms with E-state index < -0.39 is 11.7 Å². The summed E-state index contributed by atoms with van der Waals surface area (Å²) in [5.74, 6) is -1.30. The van der Waals surface area contributed by atoms with Crippen molar-refractivity contribution >= 4 is 34.1 Å². The molecule has 3 aromatic rings. The molecule has 0 bridgehead atoms. The summed E-state index contributed by atoms with van der Waals surface area (Å²) in [6.45, 7) is 3.62. The lowest BCUT2D eigenvalue weighted by molar-refractivity contribution is 0.100. The fourth-order valence-corrected chi connectivity index (χ4v) is 2.60. The van der Waals surface area contributed by atoms with Crippen molar-refractivity contribution in [1.82, 2.24) is 14.8 Å². The Hall–Kier alpha value is -3.20. The van der Waals surface area contributed by atoms with Crippen LogP contribution in [0.4, 0.5) is 21.7 Å². The third-order valence-corrected chi connectivity index (χ3v) is 4.40. The molecular formula is C18H22FN7O. The summed E-state index contributed by atoms with van der Waals surface area (Å²) in [6, 6.07) is 6.19. The molecule has 3 rings (SSSR count). The minimum absolute atomic E-state index is 0.00486. The molecule has 8 nitrogen and oxygen atoms in total. The number of anilines is 3. The highest BCUT2D eigenvalue weighted by molar-refractivity contribution is 5.99. The standard InChI is InChI=1S/C18H22FN7O/c1-9(20)10(2)23-18-14(19)7-13(16(21)27)17(25-18)24-12-4-5-15-11(6-12)8-22-26(15)3/h4-10H,20H2,1-3H3,(H2,21,27)(H2,23,24,25)/t9-,10+/m0/s1. The van der Waals surface area contributed by atoms with Crippen LogP contribution >= 0.6 is 0 Å². The molecule has 0 aliphatic carbocycles. The number of hydrogen-bond donors (Lipinski definition) is 4. The summed E-state index contributed by atoms with van der Waals surface area (Å²) in [5.41, 5.74) is 12.8. The zero-order chi connectivity index (χ0) is 19.7. The SMILES string of the molecule is C[C@H](N)[C@@H](C)Nc1nc(Nc2ccc3c(cnn3C)c2)c(C(N)=O)cc1F. The van der Waals surface area contributed by atoms with E-state index in [9.17, 15) is 9.18 Å². The van der Waals surface area contributed by atoms with Crippen LogP contribution in [0.1, 0.15) is 24.2 Å². The van der Waals surface area contributed by atoms with Crippen molar-refractivity contribution < 1.29 is 9.18 Å². The highest BCUT2D eigenvalue weighted by atomic mass is 19.1. The van der Waals surface area contributed by atoms with Gasteiger partial charge in [-0.3, -0.25) is 9.48 Å². The second-order valence-electron chi connectivity index (χ2n) is 6.54. The van der Waals surface area contributed by atoms with Gasteiger partial charge in [0.05, 0.1) is 17.3 Å². The van der Waals surface area contributed by atoms with E-state index in [-0.39, 0.29) is 29.3 Å². The van der Waals surface area contributed by atoms with E-state index in [1.54, 1.807) is 17.8 Å². The number of aromatic nitrogens is 3. The average molecular weight is 371 g/mol. The van der Waals surface area contributed by atoms with E-state index >= 15 is 0 Å². The smallest absolute Gasteiger partial charge is 0.252 e. The Balaban J connectivity index is 1.99. The van der Waals surface area contributed by atoms with Gasteiger partial charge >= 0.3 is 0 Å². The number of rotatable bonds is 6. The summed E-state index contributed by atoms with van der Waals surface area (Å²) in [6.07, 6.45) is 1.73. The molecular weight excluding hydrogens is 349 g/mol. The van der Waals surface area contributed by atoms with Gasteiger partial charge in [0.1, 0.15) is 5.82 Å². The number of nitrogens with zero attached hydrogens (tertiary/aromatic N) is 3. The summed E-state index contributed by atoms with van der Waals surface area (Å²) < 4.78 is 16.1. The van der Waals surface area contributed by atoms with Gasteiger partial charge in [-0.15, -0.1) is 0 Å². The third-order valence-electron chi connectivity index (χ3n) is 4.40. The number of carbonyl (C=O) groups excluding carboxylic acids is 1. The minimum atomic E-state index is -0.779. The lowest BCUT2D eigenvalue weighted by Crippen LogP contribution is -2.35. The molecule has 142 valence electrons. The first-order valence-corrected chi connectivity index (χ1v) is 8.47. The molecule has 0 aliphatic rings. The average Bonchev–Trinajstić information content (AvgIpc) is 2.97. The predicted molar refractivity (Wildman–Crippen MR) is 103 cm³/mol. The van der Waals surface area contributed by atoms with Crippen LogP contribution in [0.5, 0.6) is 0 Å². The Bertz CT molecular complexity index is 999. The molecule has 0 spiro atoms. The van der Waals surface area contributed by atoms with Gasteiger partial charge < -0.3 is 22.1 Å². The van der Waals surface area contributed by atoms with E-state index in [2.05, 4.69) is 20.7 Å². The molecule has 0 aliphatic heterocycles. The molecule has 1 aromatic carbocycles. The summed E-state index contributed by atoms with van der Waals surface area (Å²) >= 11 is 0. The Morgan fingerprint density at radius 3 is 2.67 bits per heavy atom. The Morgan fingerprint density at radius 2 is 2.00 bits per heavy atom. The molecule has 27 heavy (non-hydrogen) atoms. The van der Waals surface area contributed by atoms with Crippen LogP contribution in [-0.4, -0.2) is 32.8 Å². The number of halogens is 1. The van der Waals surface area contributed by atoms with E-state index in [4.69, 9.17) is 11.5 Å². The molecule has 9 heteroatoms. The van der Waals surface area contributed by atoms with Gasteiger partial charge in [-0.1, -0.05) is 0 Å². The van der Waals surface area contributed by atoms with Crippen LogP contribution in [0, 0.1) is 5.82 Å². The third kappa shape index (κ3) is 3.82. The Kier molecular flexibility index (Phi) is 4.95. The molecule has 1 amide bonds. The van der Waals surface area contributed by atoms with E-state index in [0.717, 1.165) is 17.0 Å². The van der Waals surface area contributed by atoms with Gasteiger partial charge in [0.15, 0.2) is 11.6 Å². The topological polar surface area (TPSA) is 124 Å². The van der Waals surface area contributed by atoms with E-state index in [1.165, 1.54) is 0 Å². The number of aryl methyl sites for hydroxylation is 1. The first-order valence-electron chi connectivity index (χ1n) is 8.47. The van der Waals surface area contributed by atoms with Crippen molar-refractivity contribution in [2.45, 2.75) is 25.9 Å². The van der Waals surface area contributed by atoms with Crippen LogP contribution in [-0.2, 0) is 7.05 Å². The fourth-order valence-electron chi connectivity index (χ4n) is 2.60. The number of carbonyl (C=O) groups is 1. The zero-order valence-corrected chi connectivity index (χ0v) is 15.3. The lowest BCUT2D eigenvalue weighted by atomic mass is 10.1. The van der Waals surface area contributed by atoms with Crippen LogP contribution in [0.3, 0.4) is 0 Å². The number of primary amides is 1. The molecule has 2 heterocycles. The number of nitrogens with one attached hydrogen (secondary N) is 2. The van der Waals surface area contributed by atoms with Gasteiger partial charge in [0.2, 0.25) is 0 Å². The maximum Gasteiger partial charge on any atom is 0.252 e. The van der Waals surface area contributed by atoms with Crippen molar-refractivity contribution in [3.05, 3.63) is 41.8 Å². The molecule has 2 aromatic heterocycles. The molecule has 0 saturated carbocycles. The number of benzene rings is 1. The van der Waals surface area contributed by atoms with Crippen molar-refractivity contribution in [1.29, 1.82) is 0 Å².